The van der Waals surface area contributed by atoms with Crippen molar-refractivity contribution in [1.29, 1.82) is 0 Å². The van der Waals surface area contributed by atoms with Crippen LogP contribution in [0.2, 0.25) is 10.0 Å². The third-order valence-corrected chi connectivity index (χ3v) is 9.58. The van der Waals surface area contributed by atoms with E-state index < -0.39 is 26.0 Å². The molecule has 0 bridgehead atoms. The number of aromatic nitrogens is 2. The number of hydrogen-bond acceptors (Lipinski definition) is 7. The van der Waals surface area contributed by atoms with Crippen LogP contribution in [-0.2, 0) is 30.6 Å². The minimum Gasteiger partial charge on any atom is -0.326 e. The van der Waals surface area contributed by atoms with Crippen molar-refractivity contribution < 1.29 is 21.6 Å². The molecular weight excluding hydrogens is 561 g/mol. The van der Waals surface area contributed by atoms with Gasteiger partial charge in [-0.2, -0.15) is 0 Å². The number of benzene rings is 2. The van der Waals surface area contributed by atoms with Gasteiger partial charge in [0.25, 0.3) is 10.0 Å². The lowest BCUT2D eigenvalue weighted by Gasteiger charge is -2.31. The Kier molecular flexibility index (Phi) is 8.34. The Morgan fingerprint density at radius 1 is 0.973 bits per heavy atom. The van der Waals surface area contributed by atoms with Crippen LogP contribution in [-0.4, -0.2) is 50.1 Å². The predicted octanol–water partition coefficient (Wildman–Crippen LogP) is 3.76. The van der Waals surface area contributed by atoms with Crippen molar-refractivity contribution in [3.8, 4) is 0 Å². The Bertz CT molecular complexity index is 1470. The van der Waals surface area contributed by atoms with Crippen LogP contribution in [0.4, 0.5) is 11.6 Å². The van der Waals surface area contributed by atoms with E-state index in [1.54, 1.807) is 24.3 Å². The second kappa shape index (κ2) is 11.3. The molecule has 0 radical (unpaired) electrons. The summed E-state index contributed by atoms with van der Waals surface area (Å²) in [5.41, 5.74) is 0.698. The number of carbonyl (C=O) groups excluding carboxylic acids is 1. The Morgan fingerprint density at radius 2 is 1.62 bits per heavy atom. The summed E-state index contributed by atoms with van der Waals surface area (Å²) < 4.78 is 54.7. The van der Waals surface area contributed by atoms with Gasteiger partial charge in [-0.1, -0.05) is 29.3 Å². The van der Waals surface area contributed by atoms with Crippen LogP contribution in [0.5, 0.6) is 0 Å². The van der Waals surface area contributed by atoms with Gasteiger partial charge in [0.05, 0.1) is 16.6 Å². The van der Waals surface area contributed by atoms with Gasteiger partial charge >= 0.3 is 0 Å². The van der Waals surface area contributed by atoms with Crippen LogP contribution in [0.25, 0.3) is 0 Å². The van der Waals surface area contributed by atoms with E-state index in [2.05, 4.69) is 20.0 Å². The van der Waals surface area contributed by atoms with E-state index in [0.717, 1.165) is 0 Å². The molecule has 10 nitrogen and oxygen atoms in total. The number of sulfonamides is 2. The lowest BCUT2D eigenvalue weighted by Crippen LogP contribution is -2.44. The van der Waals surface area contributed by atoms with Gasteiger partial charge in [-0.15, -0.1) is 0 Å². The first-order valence-corrected chi connectivity index (χ1v) is 15.0. The summed E-state index contributed by atoms with van der Waals surface area (Å²) in [5, 5.41) is 3.26. The molecule has 2 aromatic carbocycles. The summed E-state index contributed by atoms with van der Waals surface area (Å²) in [6, 6.07) is 11.9. The van der Waals surface area contributed by atoms with E-state index in [0.29, 0.717) is 30.6 Å². The fraction of sp³-hybridized carbons (Fsp3) is 0.261. The Morgan fingerprint density at radius 3 is 2.27 bits per heavy atom. The first-order valence-electron chi connectivity index (χ1n) is 11.2. The number of piperidine rings is 1. The van der Waals surface area contributed by atoms with Crippen LogP contribution < -0.4 is 10.0 Å². The maximum absolute atomic E-state index is 13.1. The highest BCUT2D eigenvalue weighted by molar-refractivity contribution is 7.92. The minimum absolute atomic E-state index is 0.0176. The molecule has 4 rings (SSSR count). The zero-order valence-electron chi connectivity index (χ0n) is 19.3. The quantitative estimate of drug-likeness (QED) is 0.411. The highest BCUT2D eigenvalue weighted by atomic mass is 35.5. The van der Waals surface area contributed by atoms with E-state index in [1.807, 2.05) is 0 Å². The molecule has 2 N–H and O–H groups in total. The van der Waals surface area contributed by atoms with Crippen molar-refractivity contribution in [2.45, 2.75) is 23.5 Å². The molecule has 1 aliphatic heterocycles. The predicted molar refractivity (Wildman–Crippen MR) is 141 cm³/mol. The number of amides is 1. The van der Waals surface area contributed by atoms with E-state index >= 15 is 0 Å². The smallest absolute Gasteiger partial charge is 0.264 e. The summed E-state index contributed by atoms with van der Waals surface area (Å²) in [7, 11) is -7.68. The topological polar surface area (TPSA) is 138 Å². The molecule has 1 aliphatic rings. The Labute approximate surface area is 225 Å². The third kappa shape index (κ3) is 6.76. The number of rotatable bonds is 8. The first-order chi connectivity index (χ1) is 17.5. The van der Waals surface area contributed by atoms with Crippen molar-refractivity contribution in [3.05, 3.63) is 76.5 Å². The lowest BCUT2D eigenvalue weighted by molar-refractivity contribution is -0.120. The molecule has 1 amide bonds. The van der Waals surface area contributed by atoms with Gasteiger partial charge in [0.15, 0.2) is 0 Å². The van der Waals surface area contributed by atoms with E-state index in [4.69, 9.17) is 23.2 Å². The molecule has 1 atom stereocenters. The fourth-order valence-electron chi connectivity index (χ4n) is 3.85. The summed E-state index contributed by atoms with van der Waals surface area (Å²) in [4.78, 5) is 20.5. The summed E-state index contributed by atoms with van der Waals surface area (Å²) >= 11 is 12.3. The molecule has 0 saturated carbocycles. The van der Waals surface area contributed by atoms with Gasteiger partial charge in [-0.05, 0) is 55.3 Å². The average Bonchev–Trinajstić information content (AvgIpc) is 2.87. The molecule has 0 aliphatic carbocycles. The first kappa shape index (κ1) is 27.3. The number of hydrogen-bond donors (Lipinski definition) is 2. The third-order valence-electron chi connectivity index (χ3n) is 5.76. The zero-order valence-corrected chi connectivity index (χ0v) is 22.5. The fourth-order valence-corrected chi connectivity index (χ4v) is 7.17. The molecule has 0 spiro atoms. The normalized spacial score (nSPS) is 16.8. The number of nitrogens with one attached hydrogen (secondary N) is 2. The number of carbonyl (C=O) groups is 1. The van der Waals surface area contributed by atoms with Crippen molar-refractivity contribution in [3.63, 3.8) is 0 Å². The van der Waals surface area contributed by atoms with Gasteiger partial charge in [-0.25, -0.2) is 35.8 Å². The average molecular weight is 585 g/mol. The SMILES string of the molecule is O=C(Nc1ccc(S(=O)(=O)Nc2ncccn2)cc1)C1CCCN(S(=O)(=O)Cc2c(Cl)cccc2Cl)C1. The second-order valence-corrected chi connectivity index (χ2v) is 12.8. The molecule has 1 fully saturated rings. The molecular formula is C23H23Cl2N5O5S2. The summed E-state index contributed by atoms with van der Waals surface area (Å²) in [6.07, 6.45) is 3.84. The number of nitrogens with zero attached hydrogens (tertiary/aromatic N) is 3. The molecule has 196 valence electrons. The lowest BCUT2D eigenvalue weighted by atomic mass is 9.99. The summed E-state index contributed by atoms with van der Waals surface area (Å²) in [6.45, 7) is 0.308. The Hall–Kier alpha value is -2.77. The maximum Gasteiger partial charge on any atom is 0.264 e. The highest BCUT2D eigenvalue weighted by Crippen LogP contribution is 2.29. The van der Waals surface area contributed by atoms with Crippen molar-refractivity contribution >= 4 is 60.8 Å². The standard InChI is InChI=1S/C23H23Cl2N5O5S2/c24-20-5-1-6-21(25)19(20)15-36(32,33)30-13-2-4-16(14-30)22(31)28-17-7-9-18(10-8-17)37(34,35)29-23-26-11-3-12-27-23/h1,3,5-12,16H,2,4,13-15H2,(H,28,31)(H,26,27,29). The van der Waals surface area contributed by atoms with Crippen LogP contribution in [0, 0.1) is 5.92 Å². The van der Waals surface area contributed by atoms with Gasteiger partial charge < -0.3 is 5.32 Å². The second-order valence-electron chi connectivity index (χ2n) is 8.35. The van der Waals surface area contributed by atoms with Gasteiger partial charge in [0, 0.05) is 46.8 Å². The van der Waals surface area contributed by atoms with Crippen LogP contribution in [0.1, 0.15) is 18.4 Å². The van der Waals surface area contributed by atoms with Gasteiger partial charge in [0.2, 0.25) is 21.9 Å². The number of anilines is 2. The van der Waals surface area contributed by atoms with Crippen molar-refractivity contribution in [2.75, 3.05) is 23.1 Å². The van der Waals surface area contributed by atoms with Crippen LogP contribution in [0.3, 0.4) is 0 Å². The Balaban J connectivity index is 1.39. The molecule has 37 heavy (non-hydrogen) atoms. The van der Waals surface area contributed by atoms with Crippen LogP contribution in [0.15, 0.2) is 65.8 Å². The molecule has 3 aromatic rings. The minimum atomic E-state index is -3.91. The van der Waals surface area contributed by atoms with E-state index in [-0.39, 0.29) is 39.1 Å². The maximum atomic E-state index is 13.1. The monoisotopic (exact) mass is 583 g/mol. The van der Waals surface area contributed by atoms with Gasteiger partial charge in [0.1, 0.15) is 0 Å². The zero-order chi connectivity index (χ0) is 26.6. The molecule has 14 heteroatoms. The van der Waals surface area contributed by atoms with E-state index in [9.17, 15) is 21.6 Å². The highest BCUT2D eigenvalue weighted by Gasteiger charge is 2.33. The number of halogens is 2. The molecule has 1 unspecified atom stereocenters. The molecule has 1 aromatic heterocycles. The van der Waals surface area contributed by atoms with Crippen LogP contribution >= 0.6 is 23.2 Å². The molecule has 2 heterocycles. The largest absolute Gasteiger partial charge is 0.326 e. The summed E-state index contributed by atoms with van der Waals surface area (Å²) in [5.74, 6) is -1.36. The van der Waals surface area contributed by atoms with Crippen molar-refractivity contribution in [2.24, 2.45) is 5.92 Å². The van der Waals surface area contributed by atoms with Gasteiger partial charge in [-0.3, -0.25) is 4.79 Å². The van der Waals surface area contributed by atoms with E-state index in [1.165, 1.54) is 41.0 Å². The van der Waals surface area contributed by atoms with Crippen molar-refractivity contribution in [1.82, 2.24) is 14.3 Å². The molecule has 1 saturated heterocycles.